The number of benzene rings is 2. The second-order valence-corrected chi connectivity index (χ2v) is 6.31. The first-order valence-corrected chi connectivity index (χ1v) is 8.57. The molecule has 0 saturated heterocycles. The van der Waals surface area contributed by atoms with Gasteiger partial charge in [0.25, 0.3) is 0 Å². The van der Waals surface area contributed by atoms with Crippen LogP contribution in [0.15, 0.2) is 60.7 Å². The third-order valence-electron chi connectivity index (χ3n) is 4.24. The molecular weight excluding hydrogens is 302 g/mol. The Kier molecular flexibility index (Phi) is 9.66. The highest BCUT2D eigenvalue weighted by atomic mass is 35.5. The molecular formula is C21H30ClN. The van der Waals surface area contributed by atoms with Gasteiger partial charge in [-0.05, 0) is 63.7 Å². The van der Waals surface area contributed by atoms with E-state index in [9.17, 15) is 0 Å². The van der Waals surface area contributed by atoms with Gasteiger partial charge in [0.2, 0.25) is 0 Å². The van der Waals surface area contributed by atoms with Crippen LogP contribution in [-0.4, -0.2) is 24.0 Å². The predicted molar refractivity (Wildman–Crippen MR) is 103 cm³/mol. The summed E-state index contributed by atoms with van der Waals surface area (Å²) in [5.74, 6) is 0. The molecule has 0 aliphatic rings. The number of rotatable bonds is 9. The lowest BCUT2D eigenvalue weighted by Crippen LogP contribution is -2.33. The van der Waals surface area contributed by atoms with Crippen LogP contribution in [0.1, 0.15) is 37.8 Å². The van der Waals surface area contributed by atoms with Gasteiger partial charge in [-0.3, -0.25) is 0 Å². The molecule has 0 spiro atoms. The summed E-state index contributed by atoms with van der Waals surface area (Å²) in [5.41, 5.74) is 2.91. The minimum atomic E-state index is 0. The average molecular weight is 332 g/mol. The Morgan fingerprint density at radius 2 is 1.09 bits per heavy atom. The molecule has 0 heterocycles. The Morgan fingerprint density at radius 1 is 0.696 bits per heavy atom. The van der Waals surface area contributed by atoms with E-state index in [1.807, 2.05) is 0 Å². The van der Waals surface area contributed by atoms with E-state index < -0.39 is 0 Å². The van der Waals surface area contributed by atoms with E-state index in [0.717, 1.165) is 0 Å². The molecule has 2 heteroatoms. The van der Waals surface area contributed by atoms with Crippen LogP contribution in [0.5, 0.6) is 0 Å². The minimum Gasteiger partial charge on any atom is -0.301 e. The van der Waals surface area contributed by atoms with E-state index >= 15 is 0 Å². The van der Waals surface area contributed by atoms with Gasteiger partial charge in [-0.2, -0.15) is 0 Å². The van der Waals surface area contributed by atoms with Crippen molar-refractivity contribution in [1.82, 2.24) is 4.90 Å². The first kappa shape index (κ1) is 19.7. The van der Waals surface area contributed by atoms with Crippen LogP contribution in [0.2, 0.25) is 0 Å². The molecule has 0 aromatic heterocycles. The van der Waals surface area contributed by atoms with Gasteiger partial charge in [0.05, 0.1) is 0 Å². The van der Waals surface area contributed by atoms with Crippen molar-refractivity contribution >= 4 is 12.4 Å². The Labute approximate surface area is 148 Å². The molecule has 0 unspecified atom stereocenters. The van der Waals surface area contributed by atoms with Crippen molar-refractivity contribution in [3.63, 3.8) is 0 Å². The lowest BCUT2D eigenvalue weighted by molar-refractivity contribution is 0.216. The van der Waals surface area contributed by atoms with Gasteiger partial charge >= 0.3 is 0 Å². The number of halogens is 1. The maximum atomic E-state index is 2.62. The molecule has 0 radical (unpaired) electrons. The summed E-state index contributed by atoms with van der Waals surface area (Å²) in [6.07, 6.45) is 4.85. The zero-order valence-electron chi connectivity index (χ0n) is 14.4. The summed E-state index contributed by atoms with van der Waals surface area (Å²) in [6, 6.07) is 22.3. The van der Waals surface area contributed by atoms with Crippen molar-refractivity contribution in [2.45, 2.75) is 45.6 Å². The van der Waals surface area contributed by atoms with E-state index in [2.05, 4.69) is 79.4 Å². The van der Waals surface area contributed by atoms with Crippen LogP contribution >= 0.6 is 12.4 Å². The zero-order chi connectivity index (χ0) is 15.6. The van der Waals surface area contributed by atoms with Gasteiger partial charge in [0, 0.05) is 6.04 Å². The van der Waals surface area contributed by atoms with Crippen molar-refractivity contribution < 1.29 is 0 Å². The van der Waals surface area contributed by atoms with Crippen LogP contribution in [0.3, 0.4) is 0 Å². The summed E-state index contributed by atoms with van der Waals surface area (Å²) in [6.45, 7) is 7.01. The minimum absolute atomic E-state index is 0. The summed E-state index contributed by atoms with van der Waals surface area (Å²) < 4.78 is 0. The lowest BCUT2D eigenvalue weighted by atomic mass is 10.1. The highest BCUT2D eigenvalue weighted by Gasteiger charge is 2.08. The molecule has 0 atom stereocenters. The molecule has 0 N–H and O–H groups in total. The Bertz CT molecular complexity index is 464. The summed E-state index contributed by atoms with van der Waals surface area (Å²) >= 11 is 0. The second-order valence-electron chi connectivity index (χ2n) is 6.31. The second kappa shape index (κ2) is 11.3. The zero-order valence-corrected chi connectivity index (χ0v) is 15.3. The van der Waals surface area contributed by atoms with Gasteiger partial charge in [-0.25, -0.2) is 0 Å². The summed E-state index contributed by atoms with van der Waals surface area (Å²) in [4.78, 5) is 2.62. The van der Waals surface area contributed by atoms with Gasteiger partial charge in [0.15, 0.2) is 0 Å². The van der Waals surface area contributed by atoms with Crippen LogP contribution < -0.4 is 0 Å². The molecule has 2 rings (SSSR count). The summed E-state index contributed by atoms with van der Waals surface area (Å²) in [5, 5.41) is 0. The molecule has 0 aliphatic heterocycles. The molecule has 0 saturated carbocycles. The van der Waals surface area contributed by atoms with E-state index in [0.29, 0.717) is 6.04 Å². The fourth-order valence-corrected chi connectivity index (χ4v) is 2.89. The third-order valence-corrected chi connectivity index (χ3v) is 4.24. The molecule has 2 aromatic rings. The Balaban J connectivity index is 0.00000264. The molecule has 0 aliphatic carbocycles. The van der Waals surface area contributed by atoms with E-state index in [-0.39, 0.29) is 12.4 Å². The van der Waals surface area contributed by atoms with Crippen molar-refractivity contribution in [3.8, 4) is 0 Å². The van der Waals surface area contributed by atoms with E-state index in [1.54, 1.807) is 0 Å². The Hall–Kier alpha value is -1.31. The third kappa shape index (κ3) is 7.67. The average Bonchev–Trinajstić information content (AvgIpc) is 2.55. The number of hydrogen-bond donors (Lipinski definition) is 0. The number of hydrogen-bond acceptors (Lipinski definition) is 1. The predicted octanol–water partition coefficient (Wildman–Crippen LogP) is 5.38. The molecule has 126 valence electrons. The van der Waals surface area contributed by atoms with Gasteiger partial charge in [-0.15, -0.1) is 12.4 Å². The monoisotopic (exact) mass is 331 g/mol. The topological polar surface area (TPSA) is 3.24 Å². The van der Waals surface area contributed by atoms with E-state index in [1.165, 1.54) is 49.9 Å². The quantitative estimate of drug-likeness (QED) is 0.596. The molecule has 0 bridgehead atoms. The van der Waals surface area contributed by atoms with Crippen molar-refractivity contribution in [2.75, 3.05) is 13.1 Å². The van der Waals surface area contributed by atoms with Crippen LogP contribution in [0.25, 0.3) is 0 Å². The Morgan fingerprint density at radius 3 is 1.43 bits per heavy atom. The molecule has 2 aromatic carbocycles. The van der Waals surface area contributed by atoms with Gasteiger partial charge < -0.3 is 4.90 Å². The largest absolute Gasteiger partial charge is 0.301 e. The van der Waals surface area contributed by atoms with E-state index in [4.69, 9.17) is 0 Å². The highest BCUT2D eigenvalue weighted by Crippen LogP contribution is 2.09. The van der Waals surface area contributed by atoms with Crippen molar-refractivity contribution in [1.29, 1.82) is 0 Å². The first-order chi connectivity index (χ1) is 10.8. The number of aryl methyl sites for hydroxylation is 2. The van der Waals surface area contributed by atoms with Crippen LogP contribution in [0, 0.1) is 0 Å². The summed E-state index contributed by atoms with van der Waals surface area (Å²) in [7, 11) is 0. The van der Waals surface area contributed by atoms with Crippen molar-refractivity contribution in [2.24, 2.45) is 0 Å². The lowest BCUT2D eigenvalue weighted by Gasteiger charge is -2.26. The van der Waals surface area contributed by atoms with Gasteiger partial charge in [-0.1, -0.05) is 60.7 Å². The normalized spacial score (nSPS) is 10.8. The van der Waals surface area contributed by atoms with Crippen molar-refractivity contribution in [3.05, 3.63) is 71.8 Å². The standard InChI is InChI=1S/C21H29N.ClH/c1-19(2)22(17-9-15-20-11-5-3-6-12-20)18-10-16-21-13-7-4-8-14-21;/h3-8,11-14,19H,9-10,15-18H2,1-2H3;1H. The maximum absolute atomic E-state index is 2.62. The van der Waals surface area contributed by atoms with Gasteiger partial charge in [0.1, 0.15) is 0 Å². The fourth-order valence-electron chi connectivity index (χ4n) is 2.89. The van der Waals surface area contributed by atoms with Crippen LogP contribution in [-0.2, 0) is 12.8 Å². The molecule has 0 amide bonds. The first-order valence-electron chi connectivity index (χ1n) is 8.57. The molecule has 1 nitrogen and oxygen atoms in total. The maximum Gasteiger partial charge on any atom is 0.00385 e. The number of nitrogens with zero attached hydrogens (tertiary/aromatic N) is 1. The van der Waals surface area contributed by atoms with Crippen LogP contribution in [0.4, 0.5) is 0 Å². The smallest absolute Gasteiger partial charge is 0.00385 e. The fraction of sp³-hybridized carbons (Fsp3) is 0.429. The highest BCUT2D eigenvalue weighted by molar-refractivity contribution is 5.85. The SMILES string of the molecule is CC(C)N(CCCc1ccccc1)CCCc1ccccc1.Cl. The molecule has 23 heavy (non-hydrogen) atoms. The molecule has 0 fully saturated rings.